The average molecular weight is 453 g/mol. The second kappa shape index (κ2) is 6.50. The van der Waals surface area contributed by atoms with Gasteiger partial charge in [0.1, 0.15) is 0 Å². The Bertz CT molecular complexity index is 2140. The minimum atomic E-state index is 1.27. The molecule has 0 heteroatoms. The lowest BCUT2D eigenvalue weighted by Gasteiger charge is -2.23. The van der Waals surface area contributed by atoms with Crippen LogP contribution >= 0.6 is 0 Å². The van der Waals surface area contributed by atoms with Crippen molar-refractivity contribution in [1.29, 1.82) is 0 Å². The van der Waals surface area contributed by atoms with Crippen LogP contribution in [0, 0.1) is 0 Å². The van der Waals surface area contributed by atoms with Gasteiger partial charge in [-0.15, -0.1) is 0 Å². The van der Waals surface area contributed by atoms with Crippen LogP contribution in [0.5, 0.6) is 0 Å². The molecular weight excluding hydrogens is 432 g/mol. The summed E-state index contributed by atoms with van der Waals surface area (Å²) in [6.45, 7) is 0. The van der Waals surface area contributed by atoms with Crippen LogP contribution in [0.1, 0.15) is 0 Å². The highest BCUT2D eigenvalue weighted by molar-refractivity contribution is 6.46. The third-order valence-corrected chi connectivity index (χ3v) is 8.29. The zero-order chi connectivity index (χ0) is 23.4. The van der Waals surface area contributed by atoms with Crippen LogP contribution in [0.25, 0.3) is 86.9 Å². The van der Waals surface area contributed by atoms with E-state index in [1.807, 2.05) is 0 Å². The highest BCUT2D eigenvalue weighted by atomic mass is 14.3. The van der Waals surface area contributed by atoms with E-state index in [-0.39, 0.29) is 0 Å². The lowest BCUT2D eigenvalue weighted by molar-refractivity contribution is 1.66. The van der Waals surface area contributed by atoms with Crippen molar-refractivity contribution in [2.24, 2.45) is 0 Å². The number of hydrogen-bond acceptors (Lipinski definition) is 0. The maximum Gasteiger partial charge on any atom is -0.000719 e. The fourth-order valence-electron chi connectivity index (χ4n) is 6.79. The summed E-state index contributed by atoms with van der Waals surface area (Å²) in [5.41, 5.74) is 5.14. The minimum absolute atomic E-state index is 1.27. The Morgan fingerprint density at radius 1 is 0.278 bits per heavy atom. The van der Waals surface area contributed by atoms with Crippen LogP contribution in [0.2, 0.25) is 0 Å². The molecule has 0 aliphatic heterocycles. The van der Waals surface area contributed by atoms with Gasteiger partial charge in [-0.1, -0.05) is 109 Å². The van der Waals surface area contributed by atoms with Crippen LogP contribution in [-0.2, 0) is 0 Å². The Hall–Kier alpha value is -4.68. The van der Waals surface area contributed by atoms with E-state index in [0.29, 0.717) is 0 Å². The lowest BCUT2D eigenvalue weighted by Crippen LogP contribution is -1.95. The first kappa shape index (κ1) is 18.6. The topological polar surface area (TPSA) is 0 Å². The molecule has 0 saturated carbocycles. The molecule has 0 heterocycles. The molecule has 0 bridgehead atoms. The van der Waals surface area contributed by atoms with Crippen LogP contribution in [0.3, 0.4) is 0 Å². The lowest BCUT2D eigenvalue weighted by atomic mass is 9.79. The predicted octanol–water partition coefficient (Wildman–Crippen LogP) is 10.3. The molecule has 0 aliphatic carbocycles. The van der Waals surface area contributed by atoms with E-state index in [2.05, 4.69) is 121 Å². The first-order chi connectivity index (χ1) is 17.9. The van der Waals surface area contributed by atoms with Gasteiger partial charge in [-0.2, -0.15) is 0 Å². The molecule has 9 aromatic rings. The molecule has 0 nitrogen and oxygen atoms in total. The Balaban J connectivity index is 1.66. The zero-order valence-electron chi connectivity index (χ0n) is 19.5. The van der Waals surface area contributed by atoms with Gasteiger partial charge < -0.3 is 0 Å². The molecule has 0 spiro atoms. The van der Waals surface area contributed by atoms with Gasteiger partial charge in [0.2, 0.25) is 0 Å². The Labute approximate surface area is 208 Å². The van der Waals surface area contributed by atoms with Gasteiger partial charge >= 0.3 is 0 Å². The molecule has 0 saturated heterocycles. The molecule has 0 atom stereocenters. The molecule has 0 radical (unpaired) electrons. The summed E-state index contributed by atoms with van der Waals surface area (Å²) < 4.78 is 0. The predicted molar refractivity (Wildman–Crippen MR) is 156 cm³/mol. The smallest absolute Gasteiger partial charge is 0.000719 e. The van der Waals surface area contributed by atoms with Crippen molar-refractivity contribution >= 4 is 64.6 Å². The molecule has 164 valence electrons. The van der Waals surface area contributed by atoms with Crippen molar-refractivity contribution < 1.29 is 0 Å². The van der Waals surface area contributed by atoms with Gasteiger partial charge in [-0.3, -0.25) is 0 Å². The van der Waals surface area contributed by atoms with Crippen LogP contribution in [0.4, 0.5) is 0 Å². The van der Waals surface area contributed by atoms with Crippen LogP contribution in [0.15, 0.2) is 121 Å². The summed E-state index contributed by atoms with van der Waals surface area (Å²) in [6.07, 6.45) is 0. The summed E-state index contributed by atoms with van der Waals surface area (Å²) in [6, 6.07) is 45.1. The van der Waals surface area contributed by atoms with Crippen molar-refractivity contribution in [2.75, 3.05) is 0 Å². The highest BCUT2D eigenvalue weighted by Gasteiger charge is 2.23. The third kappa shape index (κ3) is 2.20. The summed E-state index contributed by atoms with van der Waals surface area (Å²) in [4.78, 5) is 0. The van der Waals surface area contributed by atoms with Crippen molar-refractivity contribution in [2.45, 2.75) is 0 Å². The second-order valence-electron chi connectivity index (χ2n) is 10.1. The van der Waals surface area contributed by atoms with Gasteiger partial charge in [0, 0.05) is 0 Å². The summed E-state index contributed by atoms with van der Waals surface area (Å²) in [5.74, 6) is 0. The standard InChI is InChI=1S/C36H20/c1-3-7-21(8-4-1)28-19-26-16-15-24-12-11-23-13-14-25-17-18-27-29(22-9-5-2-6-10-22)20-30(28)36-34(26)32(24)31(23)33(25)35(27)36/h1-20H. The van der Waals surface area contributed by atoms with Gasteiger partial charge in [0.05, 0.1) is 0 Å². The van der Waals surface area contributed by atoms with Gasteiger partial charge in [0.15, 0.2) is 0 Å². The SMILES string of the molecule is c1ccc(-c2cc3c(-c4ccccc4)cc4ccc5ccc6ccc7ccc2c2c7c6c5c4c32)cc1. The van der Waals surface area contributed by atoms with Crippen LogP contribution < -0.4 is 0 Å². The van der Waals surface area contributed by atoms with E-state index in [4.69, 9.17) is 0 Å². The van der Waals surface area contributed by atoms with Crippen molar-refractivity contribution in [1.82, 2.24) is 0 Å². The minimum Gasteiger partial charge on any atom is -0.0622 e. The van der Waals surface area contributed by atoms with E-state index in [0.717, 1.165) is 0 Å². The summed E-state index contributed by atoms with van der Waals surface area (Å²) in [5, 5.41) is 16.4. The molecule has 0 amide bonds. The Morgan fingerprint density at radius 2 is 0.694 bits per heavy atom. The molecule has 0 unspecified atom stereocenters. The zero-order valence-corrected chi connectivity index (χ0v) is 19.5. The van der Waals surface area contributed by atoms with Crippen molar-refractivity contribution in [3.05, 3.63) is 121 Å². The molecule has 9 aromatic carbocycles. The average Bonchev–Trinajstić information content (AvgIpc) is 2.96. The maximum atomic E-state index is 2.45. The third-order valence-electron chi connectivity index (χ3n) is 8.29. The first-order valence-corrected chi connectivity index (χ1v) is 12.6. The molecule has 0 aliphatic rings. The van der Waals surface area contributed by atoms with Crippen molar-refractivity contribution in [3.8, 4) is 22.3 Å². The number of rotatable bonds is 2. The Kier molecular flexibility index (Phi) is 3.36. The fraction of sp³-hybridized carbons (Fsp3) is 0. The molecule has 0 fully saturated rings. The van der Waals surface area contributed by atoms with Gasteiger partial charge in [0.25, 0.3) is 0 Å². The molecule has 0 N–H and O–H groups in total. The molecular formula is C36H20. The van der Waals surface area contributed by atoms with Crippen molar-refractivity contribution in [3.63, 3.8) is 0 Å². The van der Waals surface area contributed by atoms with E-state index >= 15 is 0 Å². The first-order valence-electron chi connectivity index (χ1n) is 12.6. The highest BCUT2D eigenvalue weighted by Crippen LogP contribution is 2.52. The normalized spacial score (nSPS) is 12.4. The van der Waals surface area contributed by atoms with E-state index < -0.39 is 0 Å². The number of hydrogen-bond donors (Lipinski definition) is 0. The summed E-state index contributed by atoms with van der Waals surface area (Å²) >= 11 is 0. The Morgan fingerprint density at radius 3 is 1.28 bits per heavy atom. The van der Waals surface area contributed by atoms with E-state index in [9.17, 15) is 0 Å². The quantitative estimate of drug-likeness (QED) is 0.181. The van der Waals surface area contributed by atoms with E-state index in [1.54, 1.807) is 0 Å². The molecule has 0 aromatic heterocycles. The second-order valence-corrected chi connectivity index (χ2v) is 10.1. The summed E-state index contributed by atoms with van der Waals surface area (Å²) in [7, 11) is 0. The fourth-order valence-corrected chi connectivity index (χ4v) is 6.79. The maximum absolute atomic E-state index is 2.45. The monoisotopic (exact) mass is 452 g/mol. The molecule has 9 rings (SSSR count). The van der Waals surface area contributed by atoms with Gasteiger partial charge in [-0.05, 0) is 99.0 Å². The largest absolute Gasteiger partial charge is 0.0622 e. The van der Waals surface area contributed by atoms with E-state index in [1.165, 1.54) is 86.9 Å². The molecule has 36 heavy (non-hydrogen) atoms. The number of benzene rings is 9. The van der Waals surface area contributed by atoms with Gasteiger partial charge in [-0.25, -0.2) is 0 Å². The van der Waals surface area contributed by atoms with Crippen LogP contribution in [-0.4, -0.2) is 0 Å².